The molecule has 0 spiro atoms. The van der Waals surface area contributed by atoms with Crippen molar-refractivity contribution in [3.8, 4) is 11.1 Å². The smallest absolute Gasteiger partial charge is 0.200 e. The predicted molar refractivity (Wildman–Crippen MR) is 101 cm³/mol. The first-order valence-corrected chi connectivity index (χ1v) is 9.69. The fourth-order valence-corrected chi connectivity index (χ4v) is 3.98. The van der Waals surface area contributed by atoms with Gasteiger partial charge in [-0.05, 0) is 54.2 Å². The van der Waals surface area contributed by atoms with Crippen LogP contribution in [-0.4, -0.2) is 5.92 Å². The molecule has 146 valence electrons. The van der Waals surface area contributed by atoms with Gasteiger partial charge in [0.15, 0.2) is 0 Å². The van der Waals surface area contributed by atoms with Gasteiger partial charge in [0.2, 0.25) is 0 Å². The summed E-state index contributed by atoms with van der Waals surface area (Å²) in [6.07, 6.45) is 6.24. The van der Waals surface area contributed by atoms with E-state index in [1.807, 2.05) is 12.1 Å². The predicted octanol–water partition coefficient (Wildman–Crippen LogP) is 7.78. The molecule has 1 saturated carbocycles. The Bertz CT molecular complexity index is 733. The minimum absolute atomic E-state index is 0.244. The molecule has 0 radical (unpaired) electrons. The average molecular weight is 378 g/mol. The maximum atomic E-state index is 13.8. The molecule has 1 aliphatic rings. The van der Waals surface area contributed by atoms with Gasteiger partial charge < -0.3 is 0 Å². The van der Waals surface area contributed by atoms with Crippen LogP contribution >= 0.6 is 0 Å². The summed E-state index contributed by atoms with van der Waals surface area (Å²) in [4.78, 5) is 0. The van der Waals surface area contributed by atoms with Gasteiger partial charge in [0.05, 0.1) is 0 Å². The first-order chi connectivity index (χ1) is 12.7. The van der Waals surface area contributed by atoms with Crippen LogP contribution in [0.15, 0.2) is 48.5 Å². The van der Waals surface area contributed by atoms with Gasteiger partial charge in [0.1, 0.15) is 0 Å². The maximum absolute atomic E-state index is 13.8. The fourth-order valence-electron chi connectivity index (χ4n) is 3.98. The number of halogens is 4. The second-order valence-electron chi connectivity index (χ2n) is 7.79. The number of alkyl halides is 4. The first kappa shape index (κ1) is 19.9. The van der Waals surface area contributed by atoms with E-state index < -0.39 is 17.4 Å². The van der Waals surface area contributed by atoms with Crippen LogP contribution < -0.4 is 0 Å². The molecule has 0 aromatic heterocycles. The Kier molecular flexibility index (Phi) is 5.64. The maximum Gasteiger partial charge on any atom is 0.335 e. The van der Waals surface area contributed by atoms with E-state index in [-0.39, 0.29) is 6.92 Å². The Morgan fingerprint density at radius 2 is 1.26 bits per heavy atom. The Morgan fingerprint density at radius 1 is 0.778 bits per heavy atom. The van der Waals surface area contributed by atoms with E-state index in [0.717, 1.165) is 29.2 Å². The van der Waals surface area contributed by atoms with Crippen molar-refractivity contribution in [2.24, 2.45) is 5.92 Å². The van der Waals surface area contributed by atoms with Crippen molar-refractivity contribution in [1.29, 1.82) is 0 Å². The molecule has 0 nitrogen and oxygen atoms in total. The van der Waals surface area contributed by atoms with Crippen LogP contribution in [0.25, 0.3) is 11.1 Å². The third-order valence-electron chi connectivity index (χ3n) is 5.94. The van der Waals surface area contributed by atoms with Gasteiger partial charge >= 0.3 is 11.8 Å². The van der Waals surface area contributed by atoms with E-state index in [9.17, 15) is 17.6 Å². The zero-order valence-electron chi connectivity index (χ0n) is 15.8. The van der Waals surface area contributed by atoms with E-state index in [2.05, 4.69) is 19.1 Å². The first-order valence-electron chi connectivity index (χ1n) is 9.69. The summed E-state index contributed by atoms with van der Waals surface area (Å²) in [5.74, 6) is -6.82. The van der Waals surface area contributed by atoms with Crippen molar-refractivity contribution in [2.75, 3.05) is 0 Å². The van der Waals surface area contributed by atoms with E-state index in [1.165, 1.54) is 49.8 Å². The number of hydrogen-bond donors (Lipinski definition) is 0. The van der Waals surface area contributed by atoms with Crippen molar-refractivity contribution < 1.29 is 17.6 Å². The van der Waals surface area contributed by atoms with E-state index in [0.29, 0.717) is 5.92 Å². The molecule has 1 fully saturated rings. The highest BCUT2D eigenvalue weighted by Gasteiger charge is 2.53. The van der Waals surface area contributed by atoms with Crippen molar-refractivity contribution in [1.82, 2.24) is 0 Å². The summed E-state index contributed by atoms with van der Waals surface area (Å²) < 4.78 is 53.8. The molecule has 0 bridgehead atoms. The van der Waals surface area contributed by atoms with Gasteiger partial charge in [-0.25, -0.2) is 0 Å². The molecule has 4 heteroatoms. The molecule has 0 aliphatic heterocycles. The second-order valence-corrected chi connectivity index (χ2v) is 7.79. The summed E-state index contributed by atoms with van der Waals surface area (Å²) in [5.41, 5.74) is 2.31. The molecule has 1 aliphatic carbocycles. The molecule has 0 saturated heterocycles. The molecule has 0 amide bonds. The van der Waals surface area contributed by atoms with Gasteiger partial charge in [0.25, 0.3) is 0 Å². The van der Waals surface area contributed by atoms with Gasteiger partial charge in [-0.15, -0.1) is 0 Å². The van der Waals surface area contributed by atoms with Crippen molar-refractivity contribution in [3.63, 3.8) is 0 Å². The number of benzene rings is 2. The lowest BCUT2D eigenvalue weighted by Crippen LogP contribution is -2.34. The van der Waals surface area contributed by atoms with Crippen LogP contribution in [-0.2, 0) is 5.92 Å². The highest BCUT2D eigenvalue weighted by Crippen LogP contribution is 2.43. The SMILES string of the molecule is CCC1CCC(c2ccc(-c3ccc(C(F)(F)C(C)(F)F)cc3)cc2)CC1. The topological polar surface area (TPSA) is 0 Å². The zero-order chi connectivity index (χ0) is 19.7. The second kappa shape index (κ2) is 7.65. The molecule has 0 N–H and O–H groups in total. The van der Waals surface area contributed by atoms with E-state index in [1.54, 1.807) is 0 Å². The molecular formula is C23H26F4. The van der Waals surface area contributed by atoms with Crippen molar-refractivity contribution in [2.45, 2.75) is 63.7 Å². The summed E-state index contributed by atoms with van der Waals surface area (Å²) >= 11 is 0. The van der Waals surface area contributed by atoms with Gasteiger partial charge in [-0.1, -0.05) is 61.9 Å². The number of hydrogen-bond acceptors (Lipinski definition) is 0. The Labute approximate surface area is 158 Å². The summed E-state index contributed by atoms with van der Waals surface area (Å²) in [6.45, 7) is 2.50. The molecule has 2 aromatic rings. The Morgan fingerprint density at radius 3 is 1.70 bits per heavy atom. The van der Waals surface area contributed by atoms with Gasteiger partial charge in [-0.2, -0.15) is 17.6 Å². The minimum Gasteiger partial charge on any atom is -0.200 e. The minimum atomic E-state index is -4.17. The van der Waals surface area contributed by atoms with Crippen molar-refractivity contribution in [3.05, 3.63) is 59.7 Å². The zero-order valence-corrected chi connectivity index (χ0v) is 15.8. The van der Waals surface area contributed by atoms with Gasteiger partial charge in [-0.3, -0.25) is 0 Å². The third kappa shape index (κ3) is 4.20. The van der Waals surface area contributed by atoms with E-state index in [4.69, 9.17) is 0 Å². The van der Waals surface area contributed by atoms with Crippen LogP contribution in [0.1, 0.15) is 63.0 Å². The lowest BCUT2D eigenvalue weighted by atomic mass is 9.77. The van der Waals surface area contributed by atoms with Crippen LogP contribution in [0, 0.1) is 5.92 Å². The standard InChI is InChI=1S/C23H26F4/c1-3-16-4-6-17(7-5-16)18-8-10-19(11-9-18)20-12-14-21(15-13-20)23(26,27)22(2,24)25/h8-17H,3-7H2,1-2H3. The molecule has 27 heavy (non-hydrogen) atoms. The molecule has 0 heterocycles. The third-order valence-corrected chi connectivity index (χ3v) is 5.94. The monoisotopic (exact) mass is 378 g/mol. The van der Waals surface area contributed by atoms with Gasteiger partial charge in [0, 0.05) is 12.5 Å². The summed E-state index contributed by atoms with van der Waals surface area (Å²) in [6, 6.07) is 13.3. The normalized spacial score (nSPS) is 21.3. The molecule has 0 atom stereocenters. The highest BCUT2D eigenvalue weighted by atomic mass is 19.3. The highest BCUT2D eigenvalue weighted by molar-refractivity contribution is 5.64. The largest absolute Gasteiger partial charge is 0.335 e. The van der Waals surface area contributed by atoms with Crippen LogP contribution in [0.3, 0.4) is 0 Å². The number of rotatable bonds is 5. The van der Waals surface area contributed by atoms with Crippen LogP contribution in [0.4, 0.5) is 17.6 Å². The molecular weight excluding hydrogens is 352 g/mol. The molecule has 0 unspecified atom stereocenters. The Balaban J connectivity index is 1.72. The van der Waals surface area contributed by atoms with E-state index >= 15 is 0 Å². The Hall–Kier alpha value is -1.84. The lowest BCUT2D eigenvalue weighted by Gasteiger charge is -2.28. The van der Waals surface area contributed by atoms with Crippen molar-refractivity contribution >= 4 is 0 Å². The average Bonchev–Trinajstić information content (AvgIpc) is 2.67. The summed E-state index contributed by atoms with van der Waals surface area (Å²) in [7, 11) is 0. The van der Waals surface area contributed by atoms with Crippen LogP contribution in [0.2, 0.25) is 0 Å². The molecule has 2 aromatic carbocycles. The molecule has 3 rings (SSSR count). The summed E-state index contributed by atoms with van der Waals surface area (Å²) in [5, 5.41) is 0. The lowest BCUT2D eigenvalue weighted by molar-refractivity contribution is -0.204. The van der Waals surface area contributed by atoms with Crippen LogP contribution in [0.5, 0.6) is 0 Å². The fraction of sp³-hybridized carbons (Fsp3) is 0.478. The quantitative estimate of drug-likeness (QED) is 0.466.